The van der Waals surface area contributed by atoms with Crippen LogP contribution in [-0.4, -0.2) is 26.7 Å². The van der Waals surface area contributed by atoms with Crippen molar-refractivity contribution in [3.05, 3.63) is 64.2 Å². The third-order valence-electron chi connectivity index (χ3n) is 4.87. The second-order valence-electron chi connectivity index (χ2n) is 6.79. The SMILES string of the molecule is C[C@H](O)c1cccc2c1OC(F)(F)C(=O)N2Cc1nc2ccccc2c(=O)n1C. The Morgan fingerprint density at radius 3 is 2.62 bits per heavy atom. The van der Waals surface area contributed by atoms with Crippen LogP contribution in [0.2, 0.25) is 0 Å². The predicted octanol–water partition coefficient (Wildman–Crippen LogP) is 2.51. The van der Waals surface area contributed by atoms with E-state index in [1.165, 1.54) is 36.7 Å². The zero-order valence-corrected chi connectivity index (χ0v) is 15.6. The van der Waals surface area contributed by atoms with Crippen molar-refractivity contribution < 1.29 is 23.4 Å². The Morgan fingerprint density at radius 2 is 1.90 bits per heavy atom. The van der Waals surface area contributed by atoms with Gasteiger partial charge in [0.1, 0.15) is 5.82 Å². The highest BCUT2D eigenvalue weighted by molar-refractivity contribution is 6.01. The predicted molar refractivity (Wildman–Crippen MR) is 101 cm³/mol. The standard InChI is InChI=1S/C20H17F2N3O4/c1-11(26)12-7-5-9-15-17(12)29-20(21,22)19(28)25(15)10-16-23-14-8-4-3-6-13(14)18(27)24(16)2/h3-9,11,26H,10H2,1-2H3/t11-/m0/s1. The first-order valence-electron chi connectivity index (χ1n) is 8.85. The third kappa shape index (κ3) is 3.03. The van der Waals surface area contributed by atoms with E-state index < -0.39 is 18.1 Å². The summed E-state index contributed by atoms with van der Waals surface area (Å²) in [6, 6.07) is 11.1. The summed E-state index contributed by atoms with van der Waals surface area (Å²) in [6.07, 6.45) is -5.20. The smallest absolute Gasteiger partial charge is 0.423 e. The van der Waals surface area contributed by atoms with Crippen molar-refractivity contribution in [1.29, 1.82) is 0 Å². The average Bonchev–Trinajstić information content (AvgIpc) is 2.68. The van der Waals surface area contributed by atoms with Crippen LogP contribution in [0.3, 0.4) is 0 Å². The van der Waals surface area contributed by atoms with Gasteiger partial charge in [-0.3, -0.25) is 19.1 Å². The number of halogens is 2. The first-order valence-corrected chi connectivity index (χ1v) is 8.85. The molecule has 1 aliphatic heterocycles. The van der Waals surface area contributed by atoms with Gasteiger partial charge in [0.15, 0.2) is 5.75 Å². The summed E-state index contributed by atoms with van der Waals surface area (Å²) in [5.41, 5.74) is 0.244. The molecule has 0 radical (unpaired) electrons. The minimum atomic E-state index is -4.12. The molecule has 1 atom stereocenters. The first-order chi connectivity index (χ1) is 13.7. The summed E-state index contributed by atoms with van der Waals surface area (Å²) < 4.78 is 34.5. The largest absolute Gasteiger partial charge is 0.483 e. The second kappa shape index (κ2) is 6.63. The maximum Gasteiger partial charge on any atom is 0.483 e. The molecule has 0 saturated heterocycles. The lowest BCUT2D eigenvalue weighted by Crippen LogP contribution is -2.51. The molecule has 0 aliphatic carbocycles. The molecule has 1 amide bonds. The van der Waals surface area contributed by atoms with Crippen molar-refractivity contribution in [3.8, 4) is 5.75 Å². The molecule has 4 rings (SSSR count). The van der Waals surface area contributed by atoms with Crippen LogP contribution >= 0.6 is 0 Å². The molecule has 7 nitrogen and oxygen atoms in total. The number of aromatic nitrogens is 2. The minimum absolute atomic E-state index is 0.0710. The molecule has 2 heterocycles. The number of rotatable bonds is 3. The fourth-order valence-corrected chi connectivity index (χ4v) is 3.34. The number of hydrogen-bond donors (Lipinski definition) is 1. The van der Waals surface area contributed by atoms with E-state index in [-0.39, 0.29) is 34.9 Å². The Hall–Kier alpha value is -3.33. The summed E-state index contributed by atoms with van der Waals surface area (Å²) in [4.78, 5) is 30.2. The van der Waals surface area contributed by atoms with Crippen molar-refractivity contribution in [2.45, 2.75) is 25.7 Å². The van der Waals surface area contributed by atoms with Gasteiger partial charge in [0.25, 0.3) is 5.56 Å². The lowest BCUT2D eigenvalue weighted by molar-refractivity contribution is -0.193. The van der Waals surface area contributed by atoms with E-state index >= 15 is 0 Å². The summed E-state index contributed by atoms with van der Waals surface area (Å²) in [6.45, 7) is 1.04. The zero-order valence-electron chi connectivity index (χ0n) is 15.6. The molecule has 0 bridgehead atoms. The first kappa shape index (κ1) is 19.0. The zero-order chi connectivity index (χ0) is 20.9. The molecule has 1 N–H and O–H groups in total. The Bertz CT molecular complexity index is 1190. The van der Waals surface area contributed by atoms with Gasteiger partial charge < -0.3 is 9.84 Å². The molecule has 29 heavy (non-hydrogen) atoms. The normalized spacial score (nSPS) is 16.4. The number of para-hydroxylation sites is 2. The molecule has 0 saturated carbocycles. The lowest BCUT2D eigenvalue weighted by atomic mass is 10.1. The van der Waals surface area contributed by atoms with E-state index in [1.807, 2.05) is 0 Å². The molecule has 0 fully saturated rings. The number of amides is 1. The number of nitrogens with zero attached hydrogens (tertiary/aromatic N) is 3. The van der Waals surface area contributed by atoms with Gasteiger partial charge in [-0.15, -0.1) is 0 Å². The van der Waals surface area contributed by atoms with Crippen LogP contribution in [0.15, 0.2) is 47.3 Å². The van der Waals surface area contributed by atoms with Crippen molar-refractivity contribution in [2.75, 3.05) is 4.90 Å². The van der Waals surface area contributed by atoms with Crippen molar-refractivity contribution in [1.82, 2.24) is 9.55 Å². The van der Waals surface area contributed by atoms with Gasteiger partial charge in [0.2, 0.25) is 0 Å². The van der Waals surface area contributed by atoms with E-state index in [9.17, 15) is 23.5 Å². The van der Waals surface area contributed by atoms with Crippen LogP contribution in [-0.2, 0) is 18.4 Å². The van der Waals surface area contributed by atoms with Gasteiger partial charge in [-0.2, -0.15) is 8.78 Å². The number of aliphatic hydroxyl groups is 1. The van der Waals surface area contributed by atoms with Gasteiger partial charge in [-0.05, 0) is 25.1 Å². The molecule has 3 aromatic rings. The highest BCUT2D eigenvalue weighted by Crippen LogP contribution is 2.44. The molecule has 150 valence electrons. The topological polar surface area (TPSA) is 84.7 Å². The van der Waals surface area contributed by atoms with Crippen molar-refractivity contribution in [3.63, 3.8) is 0 Å². The Kier molecular flexibility index (Phi) is 4.34. The number of aliphatic hydroxyl groups excluding tert-OH is 1. The number of hydrogen-bond acceptors (Lipinski definition) is 5. The van der Waals surface area contributed by atoms with Crippen LogP contribution in [0.4, 0.5) is 14.5 Å². The van der Waals surface area contributed by atoms with Gasteiger partial charge in [-0.25, -0.2) is 4.98 Å². The Morgan fingerprint density at radius 1 is 1.17 bits per heavy atom. The minimum Gasteiger partial charge on any atom is -0.423 e. The fourth-order valence-electron chi connectivity index (χ4n) is 3.34. The molecule has 0 spiro atoms. The van der Waals surface area contributed by atoms with E-state index in [2.05, 4.69) is 9.72 Å². The van der Waals surface area contributed by atoms with Gasteiger partial charge in [0.05, 0.1) is 29.2 Å². The molecular formula is C20H17F2N3O4. The summed E-state index contributed by atoms with van der Waals surface area (Å²) >= 11 is 0. The summed E-state index contributed by atoms with van der Waals surface area (Å²) in [5, 5.41) is 10.3. The number of carbonyl (C=O) groups is 1. The maximum absolute atomic E-state index is 14.3. The molecular weight excluding hydrogens is 384 g/mol. The fraction of sp³-hybridized carbons (Fsp3) is 0.250. The molecule has 0 unspecified atom stereocenters. The highest BCUT2D eigenvalue weighted by Gasteiger charge is 2.51. The number of anilines is 1. The van der Waals surface area contributed by atoms with Gasteiger partial charge >= 0.3 is 12.0 Å². The van der Waals surface area contributed by atoms with E-state index in [4.69, 9.17) is 0 Å². The van der Waals surface area contributed by atoms with Crippen LogP contribution in [0.5, 0.6) is 5.75 Å². The monoisotopic (exact) mass is 401 g/mol. The van der Waals surface area contributed by atoms with Crippen molar-refractivity contribution >= 4 is 22.5 Å². The third-order valence-corrected chi connectivity index (χ3v) is 4.87. The summed E-state index contributed by atoms with van der Waals surface area (Å²) in [5.74, 6) is -1.72. The van der Waals surface area contributed by atoms with Crippen LogP contribution in [0.25, 0.3) is 10.9 Å². The molecule has 9 heteroatoms. The van der Waals surface area contributed by atoms with E-state index in [0.717, 1.165) is 4.90 Å². The second-order valence-corrected chi connectivity index (χ2v) is 6.79. The highest BCUT2D eigenvalue weighted by atomic mass is 19.3. The number of alkyl halides is 2. The lowest BCUT2D eigenvalue weighted by Gasteiger charge is -2.34. The molecule has 1 aromatic heterocycles. The molecule has 1 aliphatic rings. The number of ether oxygens (including phenoxy) is 1. The van der Waals surface area contributed by atoms with Gasteiger partial charge in [0, 0.05) is 12.6 Å². The number of benzene rings is 2. The quantitative estimate of drug-likeness (QED) is 0.729. The number of fused-ring (bicyclic) bond motifs is 2. The Balaban J connectivity index is 1.87. The van der Waals surface area contributed by atoms with Crippen LogP contribution in [0.1, 0.15) is 24.4 Å². The summed E-state index contributed by atoms with van der Waals surface area (Å²) in [7, 11) is 1.47. The average molecular weight is 401 g/mol. The van der Waals surface area contributed by atoms with E-state index in [0.29, 0.717) is 10.9 Å². The molecule has 2 aromatic carbocycles. The van der Waals surface area contributed by atoms with Gasteiger partial charge in [-0.1, -0.05) is 24.3 Å². The van der Waals surface area contributed by atoms with Crippen molar-refractivity contribution in [2.24, 2.45) is 7.05 Å². The number of carbonyl (C=O) groups excluding carboxylic acids is 1. The Labute approximate surface area is 163 Å². The van der Waals surface area contributed by atoms with Crippen LogP contribution in [0, 0.1) is 0 Å². The van der Waals surface area contributed by atoms with Crippen LogP contribution < -0.4 is 15.2 Å². The van der Waals surface area contributed by atoms with E-state index in [1.54, 1.807) is 24.3 Å². The maximum atomic E-state index is 14.3.